The Morgan fingerprint density at radius 1 is 1.33 bits per heavy atom. The van der Waals surface area contributed by atoms with Crippen LogP contribution in [-0.2, 0) is 11.3 Å². The van der Waals surface area contributed by atoms with Crippen LogP contribution in [0.25, 0.3) is 0 Å². The van der Waals surface area contributed by atoms with Gasteiger partial charge in [-0.3, -0.25) is 4.99 Å². The maximum Gasteiger partial charge on any atom is 0.212 e. The van der Waals surface area contributed by atoms with Gasteiger partial charge in [-0.15, -0.1) is 24.0 Å². The molecule has 2 heterocycles. The molecule has 7 heteroatoms. The first kappa shape index (κ1) is 21.4. The number of rotatable bonds is 4. The first-order valence-corrected chi connectivity index (χ1v) is 8.83. The van der Waals surface area contributed by atoms with Gasteiger partial charge in [0.25, 0.3) is 0 Å². The predicted molar refractivity (Wildman–Crippen MR) is 118 cm³/mol. The van der Waals surface area contributed by atoms with Crippen LogP contribution in [0.5, 0.6) is 5.88 Å². The maximum atomic E-state index is 6.01. The van der Waals surface area contributed by atoms with Gasteiger partial charge in [0.2, 0.25) is 5.88 Å². The summed E-state index contributed by atoms with van der Waals surface area (Å²) in [4.78, 5) is 10.9. The fraction of sp³-hybridized carbons (Fsp3) is 0.400. The Bertz CT molecular complexity index is 752. The number of guanidine groups is 1. The van der Waals surface area contributed by atoms with Crippen LogP contribution in [0.4, 0.5) is 0 Å². The van der Waals surface area contributed by atoms with Gasteiger partial charge in [0.05, 0.1) is 20.3 Å². The molecule has 6 nitrogen and oxygen atoms in total. The number of benzene rings is 1. The second-order valence-electron chi connectivity index (χ2n) is 6.27. The molecule has 1 aliphatic rings. The first-order valence-electron chi connectivity index (χ1n) is 8.83. The van der Waals surface area contributed by atoms with Crippen molar-refractivity contribution in [2.24, 2.45) is 4.99 Å². The van der Waals surface area contributed by atoms with Crippen LogP contribution in [0.2, 0.25) is 0 Å². The highest BCUT2D eigenvalue weighted by Gasteiger charge is 2.25. The molecule has 1 N–H and O–H groups in total. The Hall–Kier alpha value is -1.87. The molecule has 0 amide bonds. The van der Waals surface area contributed by atoms with Crippen molar-refractivity contribution < 1.29 is 9.47 Å². The van der Waals surface area contributed by atoms with Gasteiger partial charge in [-0.1, -0.05) is 30.3 Å². The monoisotopic (exact) mass is 482 g/mol. The van der Waals surface area contributed by atoms with Crippen LogP contribution >= 0.6 is 24.0 Å². The third-order valence-electron chi connectivity index (χ3n) is 4.57. The molecule has 3 rings (SSSR count). The largest absolute Gasteiger partial charge is 0.481 e. The molecule has 0 saturated carbocycles. The predicted octanol–water partition coefficient (Wildman–Crippen LogP) is 3.17. The number of nitrogens with zero attached hydrogens (tertiary/aromatic N) is 3. The molecule has 0 radical (unpaired) electrons. The van der Waals surface area contributed by atoms with E-state index in [0.29, 0.717) is 19.0 Å². The molecule has 27 heavy (non-hydrogen) atoms. The molecule has 1 aromatic carbocycles. The van der Waals surface area contributed by atoms with Gasteiger partial charge in [-0.25, -0.2) is 4.98 Å². The molecule has 0 aliphatic carbocycles. The summed E-state index contributed by atoms with van der Waals surface area (Å²) >= 11 is 0. The Morgan fingerprint density at radius 2 is 2.15 bits per heavy atom. The topological polar surface area (TPSA) is 59.0 Å². The lowest BCUT2D eigenvalue weighted by Crippen LogP contribution is -2.48. The number of aliphatic imine (C=N–C) groups is 1. The highest BCUT2D eigenvalue weighted by molar-refractivity contribution is 14.0. The maximum absolute atomic E-state index is 6.01. The lowest BCUT2D eigenvalue weighted by Gasteiger charge is -2.35. The van der Waals surface area contributed by atoms with Crippen LogP contribution in [0.15, 0.2) is 47.6 Å². The lowest BCUT2D eigenvalue weighted by atomic mass is 10.0. The van der Waals surface area contributed by atoms with Crippen molar-refractivity contribution in [3.8, 4) is 5.88 Å². The van der Waals surface area contributed by atoms with Crippen molar-refractivity contribution in [1.29, 1.82) is 0 Å². The summed E-state index contributed by atoms with van der Waals surface area (Å²) in [6, 6.07) is 12.3. The van der Waals surface area contributed by atoms with Gasteiger partial charge in [0.1, 0.15) is 6.10 Å². The minimum atomic E-state index is 0. The van der Waals surface area contributed by atoms with E-state index in [0.717, 1.165) is 24.6 Å². The number of ether oxygens (including phenoxy) is 2. The fourth-order valence-corrected chi connectivity index (χ4v) is 3.13. The van der Waals surface area contributed by atoms with E-state index in [-0.39, 0.29) is 30.1 Å². The smallest absolute Gasteiger partial charge is 0.212 e. The van der Waals surface area contributed by atoms with Crippen LogP contribution in [0.1, 0.15) is 22.8 Å². The summed E-state index contributed by atoms with van der Waals surface area (Å²) in [6.07, 6.45) is 1.88. The van der Waals surface area contributed by atoms with Gasteiger partial charge >= 0.3 is 0 Å². The van der Waals surface area contributed by atoms with Crippen LogP contribution in [0, 0.1) is 6.92 Å². The molecule has 1 fully saturated rings. The molecule has 0 bridgehead atoms. The summed E-state index contributed by atoms with van der Waals surface area (Å²) in [5.74, 6) is 1.50. The van der Waals surface area contributed by atoms with Crippen LogP contribution in [0.3, 0.4) is 0 Å². The number of pyridine rings is 1. The molecule has 2 aromatic rings. The summed E-state index contributed by atoms with van der Waals surface area (Å²) < 4.78 is 11.1. The van der Waals surface area contributed by atoms with Gasteiger partial charge in [-0.2, -0.15) is 0 Å². The van der Waals surface area contributed by atoms with E-state index < -0.39 is 0 Å². The molecule has 0 spiro atoms. The van der Waals surface area contributed by atoms with Crippen molar-refractivity contribution >= 4 is 29.9 Å². The highest BCUT2D eigenvalue weighted by atomic mass is 127. The number of halogens is 1. The minimum Gasteiger partial charge on any atom is -0.481 e. The Balaban J connectivity index is 0.00000261. The third kappa shape index (κ3) is 5.55. The standard InChI is InChI=1S/C20H26N4O2.HI/c1-15-6-4-5-7-17(15)18-14-24(10-11-26-18)20(21-2)23-13-16-8-9-19(25-3)22-12-16;/h4-9,12,18H,10-11,13-14H2,1-3H3,(H,21,23);1H. The molecule has 1 saturated heterocycles. The molecule has 1 unspecified atom stereocenters. The van der Waals surface area contributed by atoms with E-state index in [2.05, 4.69) is 51.4 Å². The van der Waals surface area contributed by atoms with Gasteiger partial charge < -0.3 is 19.7 Å². The summed E-state index contributed by atoms with van der Waals surface area (Å²) in [7, 11) is 3.43. The average Bonchev–Trinajstić information content (AvgIpc) is 2.69. The van der Waals surface area contributed by atoms with Crippen molar-refractivity contribution in [1.82, 2.24) is 15.2 Å². The molecule has 146 valence electrons. The molecule has 1 aromatic heterocycles. The van der Waals surface area contributed by atoms with Gasteiger partial charge in [0.15, 0.2) is 5.96 Å². The van der Waals surface area contributed by atoms with Gasteiger partial charge in [-0.05, 0) is 23.6 Å². The van der Waals surface area contributed by atoms with Crippen molar-refractivity contribution in [3.05, 3.63) is 59.3 Å². The normalized spacial score (nSPS) is 17.2. The number of hydrogen-bond donors (Lipinski definition) is 1. The quantitative estimate of drug-likeness (QED) is 0.412. The van der Waals surface area contributed by atoms with Crippen molar-refractivity contribution in [2.45, 2.75) is 19.6 Å². The van der Waals surface area contributed by atoms with E-state index in [9.17, 15) is 0 Å². The zero-order chi connectivity index (χ0) is 18.4. The Morgan fingerprint density at radius 3 is 2.81 bits per heavy atom. The second kappa shape index (κ2) is 10.5. The Labute approximate surface area is 178 Å². The molecule has 1 aliphatic heterocycles. The number of morpholine rings is 1. The van der Waals surface area contributed by atoms with E-state index in [4.69, 9.17) is 9.47 Å². The summed E-state index contributed by atoms with van der Waals surface area (Å²) in [5, 5.41) is 3.42. The van der Waals surface area contributed by atoms with Crippen molar-refractivity contribution in [2.75, 3.05) is 33.9 Å². The minimum absolute atomic E-state index is 0. The van der Waals surface area contributed by atoms with E-state index in [1.54, 1.807) is 7.11 Å². The number of aromatic nitrogens is 1. The second-order valence-corrected chi connectivity index (χ2v) is 6.27. The number of aryl methyl sites for hydroxylation is 1. The fourth-order valence-electron chi connectivity index (χ4n) is 3.13. The Kier molecular flexibility index (Phi) is 8.30. The molecule has 1 atom stereocenters. The zero-order valence-corrected chi connectivity index (χ0v) is 18.3. The van der Waals surface area contributed by atoms with Crippen LogP contribution < -0.4 is 10.1 Å². The zero-order valence-electron chi connectivity index (χ0n) is 16.0. The van der Waals surface area contributed by atoms with E-state index in [1.165, 1.54) is 11.1 Å². The number of nitrogens with one attached hydrogen (secondary N) is 1. The summed E-state index contributed by atoms with van der Waals surface area (Å²) in [5.41, 5.74) is 3.58. The van der Waals surface area contributed by atoms with Crippen LogP contribution in [-0.4, -0.2) is 49.7 Å². The molecular formula is C20H27IN4O2. The first-order chi connectivity index (χ1) is 12.7. The van der Waals surface area contributed by atoms with Gasteiger partial charge in [0, 0.05) is 32.4 Å². The summed E-state index contributed by atoms with van der Waals surface area (Å²) in [6.45, 7) is 5.08. The molecular weight excluding hydrogens is 455 g/mol. The SMILES string of the molecule is CN=C(NCc1ccc(OC)nc1)N1CCOC(c2ccccc2C)C1.I. The van der Waals surface area contributed by atoms with Crippen molar-refractivity contribution in [3.63, 3.8) is 0 Å². The van der Waals surface area contributed by atoms with E-state index >= 15 is 0 Å². The lowest BCUT2D eigenvalue weighted by molar-refractivity contribution is -0.00834. The third-order valence-corrected chi connectivity index (χ3v) is 4.57. The number of methoxy groups -OCH3 is 1. The average molecular weight is 482 g/mol. The van der Waals surface area contributed by atoms with E-state index in [1.807, 2.05) is 25.4 Å². The highest BCUT2D eigenvalue weighted by Crippen LogP contribution is 2.25. The number of hydrogen-bond acceptors (Lipinski definition) is 4.